The van der Waals surface area contributed by atoms with Crippen molar-refractivity contribution in [2.45, 2.75) is 45.6 Å². The third-order valence-electron chi connectivity index (χ3n) is 2.60. The third kappa shape index (κ3) is 5.27. The minimum atomic E-state index is 0.820. The van der Waals surface area contributed by atoms with Gasteiger partial charge in [0.1, 0.15) is 0 Å². The summed E-state index contributed by atoms with van der Waals surface area (Å²) >= 11 is 0. The molecule has 1 fully saturated rings. The van der Waals surface area contributed by atoms with E-state index in [1.165, 1.54) is 32.2 Å². The molecule has 0 unspecified atom stereocenters. The van der Waals surface area contributed by atoms with Crippen LogP contribution in [0.25, 0.3) is 0 Å². The number of nitrogens with zero attached hydrogens (tertiary/aromatic N) is 1. The molecule has 1 saturated carbocycles. The van der Waals surface area contributed by atoms with Gasteiger partial charge >= 0.3 is 0 Å². The van der Waals surface area contributed by atoms with Crippen LogP contribution in [0, 0.1) is 5.92 Å². The highest BCUT2D eigenvalue weighted by Gasteiger charge is 2.19. The maximum absolute atomic E-state index is 7.00. The molecular formula is C11H25NO. The van der Waals surface area contributed by atoms with Gasteiger partial charge < -0.3 is 10.0 Å². The molecule has 0 atom stereocenters. The van der Waals surface area contributed by atoms with Crippen molar-refractivity contribution in [2.75, 3.05) is 20.7 Å². The van der Waals surface area contributed by atoms with Gasteiger partial charge in [-0.25, -0.2) is 0 Å². The lowest BCUT2D eigenvalue weighted by Gasteiger charge is -2.25. The smallest absolute Gasteiger partial charge is 0.0319 e. The van der Waals surface area contributed by atoms with E-state index in [4.69, 9.17) is 5.11 Å². The van der Waals surface area contributed by atoms with Crippen LogP contribution < -0.4 is 0 Å². The average molecular weight is 187 g/mol. The van der Waals surface area contributed by atoms with Gasteiger partial charge in [-0.3, -0.25) is 0 Å². The molecular weight excluding hydrogens is 162 g/mol. The van der Waals surface area contributed by atoms with Gasteiger partial charge in [-0.05, 0) is 25.8 Å². The van der Waals surface area contributed by atoms with Crippen LogP contribution in [0.3, 0.4) is 0 Å². The molecule has 0 aromatic carbocycles. The van der Waals surface area contributed by atoms with Crippen LogP contribution in [-0.2, 0) is 0 Å². The van der Waals surface area contributed by atoms with Gasteiger partial charge in [0.15, 0.2) is 0 Å². The maximum atomic E-state index is 7.00. The van der Waals surface area contributed by atoms with Gasteiger partial charge in [0, 0.05) is 19.7 Å². The SMILES string of the molecule is CC(C)CN(C)C1CCCC1.CO. The first-order chi connectivity index (χ1) is 6.20. The minimum Gasteiger partial charge on any atom is -0.400 e. The molecule has 0 radical (unpaired) electrons. The summed E-state index contributed by atoms with van der Waals surface area (Å²) < 4.78 is 0. The molecule has 0 aromatic heterocycles. The Hall–Kier alpha value is -0.0800. The quantitative estimate of drug-likeness (QED) is 0.731. The summed E-state index contributed by atoms with van der Waals surface area (Å²) in [5.74, 6) is 0.820. The minimum absolute atomic E-state index is 0.820. The van der Waals surface area contributed by atoms with Crippen LogP contribution in [0.2, 0.25) is 0 Å². The van der Waals surface area contributed by atoms with Gasteiger partial charge in [0.2, 0.25) is 0 Å². The van der Waals surface area contributed by atoms with E-state index in [1.807, 2.05) is 0 Å². The first-order valence-electron chi connectivity index (χ1n) is 5.35. The summed E-state index contributed by atoms with van der Waals surface area (Å²) in [7, 11) is 3.27. The Morgan fingerprint density at radius 3 is 2.08 bits per heavy atom. The zero-order valence-electron chi connectivity index (χ0n) is 9.58. The Morgan fingerprint density at radius 1 is 1.23 bits per heavy atom. The monoisotopic (exact) mass is 187 g/mol. The lowest BCUT2D eigenvalue weighted by atomic mass is 10.1. The first kappa shape index (κ1) is 12.9. The Labute approximate surface area is 82.9 Å². The molecule has 1 aliphatic carbocycles. The van der Waals surface area contributed by atoms with Crippen LogP contribution in [-0.4, -0.2) is 36.8 Å². The van der Waals surface area contributed by atoms with Crippen LogP contribution in [0.1, 0.15) is 39.5 Å². The largest absolute Gasteiger partial charge is 0.400 e. The van der Waals surface area contributed by atoms with Crippen LogP contribution in [0.15, 0.2) is 0 Å². The standard InChI is InChI=1S/C10H21N.CH4O/c1-9(2)8-11(3)10-6-4-5-7-10;1-2/h9-10H,4-8H2,1-3H3;2H,1H3. The van der Waals surface area contributed by atoms with Crippen molar-refractivity contribution < 1.29 is 5.11 Å². The van der Waals surface area contributed by atoms with Gasteiger partial charge in [-0.2, -0.15) is 0 Å². The van der Waals surface area contributed by atoms with E-state index in [-0.39, 0.29) is 0 Å². The zero-order valence-corrected chi connectivity index (χ0v) is 9.58. The molecule has 13 heavy (non-hydrogen) atoms. The second kappa shape index (κ2) is 7.34. The van der Waals surface area contributed by atoms with Gasteiger partial charge in [0.25, 0.3) is 0 Å². The summed E-state index contributed by atoms with van der Waals surface area (Å²) in [5.41, 5.74) is 0. The van der Waals surface area contributed by atoms with E-state index in [0.717, 1.165) is 19.1 Å². The highest BCUT2D eigenvalue weighted by molar-refractivity contribution is 4.75. The van der Waals surface area contributed by atoms with E-state index in [0.29, 0.717) is 0 Å². The molecule has 0 amide bonds. The van der Waals surface area contributed by atoms with Crippen molar-refractivity contribution in [3.05, 3.63) is 0 Å². The van der Waals surface area contributed by atoms with Crippen LogP contribution in [0.4, 0.5) is 0 Å². The molecule has 0 bridgehead atoms. The number of hydrogen-bond acceptors (Lipinski definition) is 2. The lowest BCUT2D eigenvalue weighted by molar-refractivity contribution is 0.220. The predicted molar refractivity (Wildman–Crippen MR) is 57.9 cm³/mol. The van der Waals surface area contributed by atoms with Crippen LogP contribution in [0.5, 0.6) is 0 Å². The predicted octanol–water partition coefficient (Wildman–Crippen LogP) is 2.13. The molecule has 0 saturated heterocycles. The van der Waals surface area contributed by atoms with E-state index >= 15 is 0 Å². The molecule has 2 heteroatoms. The molecule has 0 spiro atoms. The van der Waals surface area contributed by atoms with Gasteiger partial charge in [-0.1, -0.05) is 26.7 Å². The topological polar surface area (TPSA) is 23.5 Å². The van der Waals surface area contributed by atoms with Crippen molar-refractivity contribution in [1.29, 1.82) is 0 Å². The molecule has 1 aliphatic rings. The Balaban J connectivity index is 0.000000671. The highest BCUT2D eigenvalue weighted by atomic mass is 16.2. The summed E-state index contributed by atoms with van der Waals surface area (Å²) in [4.78, 5) is 2.54. The van der Waals surface area contributed by atoms with E-state index in [9.17, 15) is 0 Å². The number of aliphatic hydroxyl groups is 1. The summed E-state index contributed by atoms with van der Waals surface area (Å²) in [6, 6.07) is 0.900. The molecule has 1 rings (SSSR count). The molecule has 2 nitrogen and oxygen atoms in total. The van der Waals surface area contributed by atoms with Crippen molar-refractivity contribution in [2.24, 2.45) is 5.92 Å². The van der Waals surface area contributed by atoms with E-state index < -0.39 is 0 Å². The lowest BCUT2D eigenvalue weighted by Crippen LogP contribution is -2.32. The third-order valence-corrected chi connectivity index (χ3v) is 2.60. The summed E-state index contributed by atoms with van der Waals surface area (Å²) in [6.07, 6.45) is 5.77. The second-order valence-corrected chi connectivity index (χ2v) is 4.27. The van der Waals surface area contributed by atoms with Crippen molar-refractivity contribution in [3.8, 4) is 0 Å². The number of rotatable bonds is 3. The average Bonchev–Trinajstić information content (AvgIpc) is 2.58. The molecule has 0 aliphatic heterocycles. The second-order valence-electron chi connectivity index (χ2n) is 4.27. The van der Waals surface area contributed by atoms with Crippen LogP contribution >= 0.6 is 0 Å². The molecule has 1 N–H and O–H groups in total. The maximum Gasteiger partial charge on any atom is 0.0319 e. The fourth-order valence-electron chi connectivity index (χ4n) is 2.07. The molecule has 80 valence electrons. The normalized spacial score (nSPS) is 17.8. The van der Waals surface area contributed by atoms with Crippen molar-refractivity contribution in [1.82, 2.24) is 4.90 Å². The van der Waals surface area contributed by atoms with Crippen molar-refractivity contribution in [3.63, 3.8) is 0 Å². The summed E-state index contributed by atoms with van der Waals surface area (Å²) in [5, 5.41) is 7.00. The molecule has 0 aromatic rings. The van der Waals surface area contributed by atoms with E-state index in [1.54, 1.807) is 0 Å². The highest BCUT2D eigenvalue weighted by Crippen LogP contribution is 2.22. The van der Waals surface area contributed by atoms with Gasteiger partial charge in [0.05, 0.1) is 0 Å². The fraction of sp³-hybridized carbons (Fsp3) is 1.00. The van der Waals surface area contributed by atoms with E-state index in [2.05, 4.69) is 25.8 Å². The van der Waals surface area contributed by atoms with Crippen molar-refractivity contribution >= 4 is 0 Å². The number of aliphatic hydroxyl groups excluding tert-OH is 1. The zero-order chi connectivity index (χ0) is 10.3. The Bertz CT molecular complexity index is 109. The Kier molecular flexibility index (Phi) is 7.29. The van der Waals surface area contributed by atoms with Gasteiger partial charge in [-0.15, -0.1) is 0 Å². The molecule has 0 heterocycles. The summed E-state index contributed by atoms with van der Waals surface area (Å²) in [6.45, 7) is 5.86. The Morgan fingerprint density at radius 2 is 1.69 bits per heavy atom. The first-order valence-corrected chi connectivity index (χ1v) is 5.35. The fourth-order valence-corrected chi connectivity index (χ4v) is 2.07. The number of hydrogen-bond donors (Lipinski definition) is 1.